The summed E-state index contributed by atoms with van der Waals surface area (Å²) in [6, 6.07) is 8.87. The van der Waals surface area contributed by atoms with Crippen molar-refractivity contribution in [1.29, 1.82) is 0 Å². The van der Waals surface area contributed by atoms with E-state index in [0.717, 1.165) is 10.0 Å². The highest BCUT2D eigenvalue weighted by Crippen LogP contribution is 2.45. The molecule has 1 amide bonds. The lowest BCUT2D eigenvalue weighted by Gasteiger charge is -2.15. The third kappa shape index (κ3) is 4.25. The van der Waals surface area contributed by atoms with Crippen molar-refractivity contribution < 1.29 is 19.0 Å². The standard InChI is InChI=1S/C20H18BrN3O4S/c1-26-14-10-11(16(21)18(28-3)17(14)27-2)8-9-15-23-24-20(29-15)13-7-5-4-6-12(13)19(22)25/h4-10H,1-3H3,(H2,22,25)/b9-8+. The van der Waals surface area contributed by atoms with E-state index in [4.69, 9.17) is 19.9 Å². The van der Waals surface area contributed by atoms with Crippen molar-refractivity contribution in [3.63, 3.8) is 0 Å². The van der Waals surface area contributed by atoms with Gasteiger partial charge in [0.2, 0.25) is 11.7 Å². The minimum atomic E-state index is -0.505. The maximum atomic E-state index is 11.6. The number of methoxy groups -OCH3 is 3. The topological polar surface area (TPSA) is 96.6 Å². The highest BCUT2D eigenvalue weighted by Gasteiger charge is 2.18. The molecule has 0 aliphatic carbocycles. The predicted octanol–water partition coefficient (Wildman–Crippen LogP) is 4.26. The Balaban J connectivity index is 1.96. The SMILES string of the molecule is COc1cc(/C=C/c2nnc(-c3ccccc3C(N)=O)s2)c(Br)c(OC)c1OC. The molecule has 2 aromatic carbocycles. The van der Waals surface area contributed by atoms with Crippen LogP contribution in [0.3, 0.4) is 0 Å². The van der Waals surface area contributed by atoms with E-state index in [9.17, 15) is 4.79 Å². The van der Waals surface area contributed by atoms with Crippen LogP contribution in [0.1, 0.15) is 20.9 Å². The van der Waals surface area contributed by atoms with Crippen LogP contribution in [-0.2, 0) is 0 Å². The molecule has 0 saturated carbocycles. The first-order chi connectivity index (χ1) is 14.0. The van der Waals surface area contributed by atoms with E-state index >= 15 is 0 Å². The van der Waals surface area contributed by atoms with Crippen LogP contribution in [0.25, 0.3) is 22.7 Å². The summed E-state index contributed by atoms with van der Waals surface area (Å²) in [5.41, 5.74) is 7.33. The van der Waals surface area contributed by atoms with Crippen molar-refractivity contribution in [3.05, 3.63) is 50.9 Å². The van der Waals surface area contributed by atoms with Gasteiger partial charge in [0.1, 0.15) is 10.0 Å². The summed E-state index contributed by atoms with van der Waals surface area (Å²) in [6.45, 7) is 0. The number of halogens is 1. The van der Waals surface area contributed by atoms with E-state index < -0.39 is 5.91 Å². The molecule has 9 heteroatoms. The summed E-state index contributed by atoms with van der Waals surface area (Å²) < 4.78 is 16.9. The average Bonchev–Trinajstić information content (AvgIpc) is 3.21. The predicted molar refractivity (Wildman–Crippen MR) is 117 cm³/mol. The van der Waals surface area contributed by atoms with Gasteiger partial charge in [-0.1, -0.05) is 35.6 Å². The average molecular weight is 476 g/mol. The van der Waals surface area contributed by atoms with E-state index in [2.05, 4.69) is 26.1 Å². The summed E-state index contributed by atoms with van der Waals surface area (Å²) in [7, 11) is 4.67. The number of ether oxygens (including phenoxy) is 3. The Morgan fingerprint density at radius 3 is 2.45 bits per heavy atom. The molecular formula is C20H18BrN3O4S. The van der Waals surface area contributed by atoms with E-state index in [-0.39, 0.29) is 0 Å². The molecule has 0 aliphatic rings. The highest BCUT2D eigenvalue weighted by atomic mass is 79.9. The molecule has 150 valence electrons. The van der Waals surface area contributed by atoms with Gasteiger partial charge in [-0.3, -0.25) is 4.79 Å². The molecule has 0 fully saturated rings. The first-order valence-electron chi connectivity index (χ1n) is 8.39. The fourth-order valence-corrected chi connectivity index (χ4v) is 4.09. The second kappa shape index (κ2) is 9.06. The highest BCUT2D eigenvalue weighted by molar-refractivity contribution is 9.10. The van der Waals surface area contributed by atoms with Crippen LogP contribution in [0, 0.1) is 0 Å². The van der Waals surface area contributed by atoms with Gasteiger partial charge in [-0.05, 0) is 39.7 Å². The number of primary amides is 1. The lowest BCUT2D eigenvalue weighted by Crippen LogP contribution is -2.12. The number of hydrogen-bond donors (Lipinski definition) is 1. The first-order valence-corrected chi connectivity index (χ1v) is 10.00. The molecule has 0 bridgehead atoms. The van der Waals surface area contributed by atoms with Crippen LogP contribution in [0.4, 0.5) is 0 Å². The number of carbonyl (C=O) groups is 1. The van der Waals surface area contributed by atoms with Crippen LogP contribution in [-0.4, -0.2) is 37.4 Å². The van der Waals surface area contributed by atoms with Crippen LogP contribution < -0.4 is 19.9 Å². The van der Waals surface area contributed by atoms with Crippen molar-refractivity contribution in [3.8, 4) is 27.8 Å². The Hall–Kier alpha value is -2.91. The maximum absolute atomic E-state index is 11.6. The van der Waals surface area contributed by atoms with Crippen LogP contribution in [0.15, 0.2) is 34.8 Å². The van der Waals surface area contributed by atoms with Gasteiger partial charge in [0, 0.05) is 11.1 Å². The molecule has 3 aromatic rings. The van der Waals surface area contributed by atoms with E-state index in [1.165, 1.54) is 11.3 Å². The lowest BCUT2D eigenvalue weighted by atomic mass is 10.1. The summed E-state index contributed by atoms with van der Waals surface area (Å²) in [5, 5.41) is 9.65. The largest absolute Gasteiger partial charge is 0.493 e. The second-order valence-electron chi connectivity index (χ2n) is 5.74. The molecule has 0 atom stereocenters. The van der Waals surface area contributed by atoms with Crippen molar-refractivity contribution in [2.24, 2.45) is 5.73 Å². The van der Waals surface area contributed by atoms with Crippen molar-refractivity contribution in [2.45, 2.75) is 0 Å². The maximum Gasteiger partial charge on any atom is 0.249 e. The monoisotopic (exact) mass is 475 g/mol. The Morgan fingerprint density at radius 1 is 1.07 bits per heavy atom. The van der Waals surface area contributed by atoms with Gasteiger partial charge in [-0.25, -0.2) is 0 Å². The fourth-order valence-electron chi connectivity index (χ4n) is 2.72. The Bertz CT molecular complexity index is 1080. The Labute approximate surface area is 180 Å². The number of benzene rings is 2. The number of hydrogen-bond acceptors (Lipinski definition) is 7. The van der Waals surface area contributed by atoms with Gasteiger partial charge < -0.3 is 19.9 Å². The van der Waals surface area contributed by atoms with E-state index in [1.54, 1.807) is 39.5 Å². The van der Waals surface area contributed by atoms with Gasteiger partial charge >= 0.3 is 0 Å². The molecule has 0 spiro atoms. The van der Waals surface area contributed by atoms with Gasteiger partial charge in [-0.15, -0.1) is 10.2 Å². The molecule has 0 unspecified atom stereocenters. The zero-order chi connectivity index (χ0) is 21.0. The smallest absolute Gasteiger partial charge is 0.249 e. The van der Waals surface area contributed by atoms with Crippen LogP contribution >= 0.6 is 27.3 Å². The normalized spacial score (nSPS) is 10.9. The van der Waals surface area contributed by atoms with Gasteiger partial charge in [0.25, 0.3) is 0 Å². The van der Waals surface area contributed by atoms with Crippen LogP contribution in [0.5, 0.6) is 17.2 Å². The molecule has 7 nitrogen and oxygen atoms in total. The molecule has 1 aromatic heterocycles. The summed E-state index contributed by atoms with van der Waals surface area (Å²) in [6.07, 6.45) is 3.68. The molecule has 0 radical (unpaired) electrons. The first kappa shape index (κ1) is 20.8. The Kier molecular flexibility index (Phi) is 6.50. The van der Waals surface area contributed by atoms with E-state index in [0.29, 0.717) is 38.4 Å². The summed E-state index contributed by atoms with van der Waals surface area (Å²) in [4.78, 5) is 11.6. The Morgan fingerprint density at radius 2 is 1.79 bits per heavy atom. The van der Waals surface area contributed by atoms with E-state index in [1.807, 2.05) is 24.3 Å². The minimum Gasteiger partial charge on any atom is -0.493 e. The third-order valence-corrected chi connectivity index (χ3v) is 5.81. The number of nitrogens with two attached hydrogens (primary N) is 1. The van der Waals surface area contributed by atoms with Crippen molar-refractivity contribution in [1.82, 2.24) is 10.2 Å². The number of amides is 1. The van der Waals surface area contributed by atoms with Gasteiger partial charge in [0.15, 0.2) is 11.5 Å². The van der Waals surface area contributed by atoms with Crippen molar-refractivity contribution in [2.75, 3.05) is 21.3 Å². The number of carbonyl (C=O) groups excluding carboxylic acids is 1. The summed E-state index contributed by atoms with van der Waals surface area (Å²) in [5.74, 6) is 1.06. The number of nitrogens with zero attached hydrogens (tertiary/aromatic N) is 2. The van der Waals surface area contributed by atoms with Gasteiger partial charge in [-0.2, -0.15) is 0 Å². The second-order valence-corrected chi connectivity index (χ2v) is 7.54. The third-order valence-electron chi connectivity index (χ3n) is 4.07. The fraction of sp³-hybridized carbons (Fsp3) is 0.150. The molecule has 0 saturated heterocycles. The summed E-state index contributed by atoms with van der Waals surface area (Å²) >= 11 is 4.89. The van der Waals surface area contributed by atoms with Gasteiger partial charge in [0.05, 0.1) is 25.8 Å². The number of aromatic nitrogens is 2. The number of rotatable bonds is 7. The minimum absolute atomic E-state index is 0.409. The molecule has 1 heterocycles. The molecule has 3 rings (SSSR count). The molecular weight excluding hydrogens is 458 g/mol. The zero-order valence-electron chi connectivity index (χ0n) is 15.9. The lowest BCUT2D eigenvalue weighted by molar-refractivity contribution is 0.100. The van der Waals surface area contributed by atoms with Crippen molar-refractivity contribution >= 4 is 45.3 Å². The molecule has 2 N–H and O–H groups in total. The molecule has 0 aliphatic heterocycles. The molecule has 29 heavy (non-hydrogen) atoms. The van der Waals surface area contributed by atoms with Crippen LogP contribution in [0.2, 0.25) is 0 Å². The quantitative estimate of drug-likeness (QED) is 0.548. The zero-order valence-corrected chi connectivity index (χ0v) is 18.3.